The van der Waals surface area contributed by atoms with Gasteiger partial charge in [0.05, 0.1) is 13.7 Å². The first-order valence-electron chi connectivity index (χ1n) is 11.5. The Morgan fingerprint density at radius 2 is 1.35 bits per heavy atom. The topological polar surface area (TPSA) is 15.7 Å². The lowest BCUT2D eigenvalue weighted by molar-refractivity contribution is -0.288. The van der Waals surface area contributed by atoms with Crippen LogP contribution < -0.4 is 0 Å². The van der Waals surface area contributed by atoms with Crippen LogP contribution in [0.1, 0.15) is 41.9 Å². The predicted octanol–water partition coefficient (Wildman–Crippen LogP) is 5.69. The van der Waals surface area contributed by atoms with E-state index >= 15 is 0 Å². The highest BCUT2D eigenvalue weighted by Crippen LogP contribution is 2.51. The van der Waals surface area contributed by atoms with Crippen LogP contribution in [0.25, 0.3) is 0 Å². The van der Waals surface area contributed by atoms with Crippen LogP contribution in [0.5, 0.6) is 0 Å². The minimum Gasteiger partial charge on any atom is -0.300 e. The average Bonchev–Trinajstić information content (AvgIpc) is 2.85. The van der Waals surface area contributed by atoms with Crippen molar-refractivity contribution < 1.29 is 4.84 Å². The smallest absolute Gasteiger partial charge is 0.109 e. The molecule has 160 valence electrons. The maximum absolute atomic E-state index is 6.27. The van der Waals surface area contributed by atoms with Crippen LogP contribution in [-0.2, 0) is 11.4 Å². The molecule has 0 amide bonds. The second kappa shape index (κ2) is 8.96. The third kappa shape index (κ3) is 3.82. The molecule has 3 saturated heterocycles. The van der Waals surface area contributed by atoms with E-state index in [-0.39, 0.29) is 11.6 Å². The van der Waals surface area contributed by atoms with E-state index in [9.17, 15) is 0 Å². The molecule has 3 aromatic carbocycles. The number of piperidine rings is 3. The second-order valence-electron chi connectivity index (χ2n) is 8.97. The van der Waals surface area contributed by atoms with E-state index in [0.717, 1.165) is 32.0 Å². The van der Waals surface area contributed by atoms with Crippen LogP contribution in [0.4, 0.5) is 0 Å². The quantitative estimate of drug-likeness (QED) is 0.463. The molecule has 0 radical (unpaired) electrons. The standard InChI is InChI=1S/C28H32N2O/c1-31-30(22-24-11-5-2-6-12-24)28(21-23-17-19-29(28)20-18-23)27(25-13-7-3-8-14-25)26-15-9-4-10-16-26/h2-16,23,27H,17-22H2,1H3. The Hall–Kier alpha value is -2.46. The Bertz CT molecular complexity index is 915. The summed E-state index contributed by atoms with van der Waals surface area (Å²) >= 11 is 0. The summed E-state index contributed by atoms with van der Waals surface area (Å²) in [6, 6.07) is 32.8. The number of benzene rings is 3. The number of rotatable bonds is 7. The summed E-state index contributed by atoms with van der Waals surface area (Å²) in [7, 11) is 1.85. The predicted molar refractivity (Wildman–Crippen MR) is 125 cm³/mol. The van der Waals surface area contributed by atoms with Gasteiger partial charge in [0.1, 0.15) is 5.66 Å². The summed E-state index contributed by atoms with van der Waals surface area (Å²) in [6.07, 6.45) is 3.71. The van der Waals surface area contributed by atoms with E-state index in [1.807, 2.05) is 7.11 Å². The second-order valence-corrected chi connectivity index (χ2v) is 8.97. The van der Waals surface area contributed by atoms with Gasteiger partial charge in [-0.15, -0.1) is 0 Å². The molecule has 3 heteroatoms. The van der Waals surface area contributed by atoms with E-state index in [1.54, 1.807) is 0 Å². The summed E-state index contributed by atoms with van der Waals surface area (Å²) in [5.41, 5.74) is 3.79. The van der Waals surface area contributed by atoms with Gasteiger partial charge in [0, 0.05) is 19.0 Å². The Balaban J connectivity index is 1.67. The average molecular weight is 413 g/mol. The highest BCUT2D eigenvalue weighted by molar-refractivity contribution is 5.37. The molecule has 0 spiro atoms. The molecule has 2 bridgehead atoms. The molecule has 31 heavy (non-hydrogen) atoms. The Morgan fingerprint density at radius 3 is 1.81 bits per heavy atom. The number of hydrogen-bond acceptors (Lipinski definition) is 3. The summed E-state index contributed by atoms with van der Waals surface area (Å²) < 4.78 is 0. The number of hydroxylamine groups is 2. The molecule has 3 heterocycles. The maximum atomic E-state index is 6.27. The van der Waals surface area contributed by atoms with Gasteiger partial charge in [-0.25, -0.2) is 0 Å². The molecule has 0 aromatic heterocycles. The van der Waals surface area contributed by atoms with E-state index in [2.05, 4.69) is 101 Å². The van der Waals surface area contributed by atoms with Gasteiger partial charge in [-0.05, 0) is 41.9 Å². The lowest BCUT2D eigenvalue weighted by Crippen LogP contribution is -2.69. The largest absolute Gasteiger partial charge is 0.300 e. The molecule has 0 saturated carbocycles. The van der Waals surface area contributed by atoms with Gasteiger partial charge >= 0.3 is 0 Å². The van der Waals surface area contributed by atoms with Crippen molar-refractivity contribution in [2.75, 3.05) is 20.2 Å². The van der Waals surface area contributed by atoms with Crippen molar-refractivity contribution in [1.29, 1.82) is 0 Å². The summed E-state index contributed by atoms with van der Waals surface area (Å²) in [4.78, 5) is 8.98. The van der Waals surface area contributed by atoms with Crippen molar-refractivity contribution in [1.82, 2.24) is 9.96 Å². The van der Waals surface area contributed by atoms with Gasteiger partial charge in [0.25, 0.3) is 0 Å². The Kier molecular flexibility index (Phi) is 5.91. The van der Waals surface area contributed by atoms with Crippen LogP contribution >= 0.6 is 0 Å². The van der Waals surface area contributed by atoms with E-state index in [4.69, 9.17) is 4.84 Å². The molecule has 3 aromatic rings. The first kappa shape index (κ1) is 20.4. The van der Waals surface area contributed by atoms with Gasteiger partial charge in [-0.1, -0.05) is 91.0 Å². The zero-order valence-electron chi connectivity index (χ0n) is 18.4. The highest BCUT2D eigenvalue weighted by Gasteiger charge is 2.55. The molecular weight excluding hydrogens is 380 g/mol. The summed E-state index contributed by atoms with van der Waals surface area (Å²) in [6.45, 7) is 3.04. The van der Waals surface area contributed by atoms with Gasteiger partial charge in [-0.3, -0.25) is 4.90 Å². The van der Waals surface area contributed by atoms with E-state index in [0.29, 0.717) is 0 Å². The molecule has 3 aliphatic heterocycles. The molecular formula is C28H32N2O. The minimum atomic E-state index is -0.214. The van der Waals surface area contributed by atoms with E-state index < -0.39 is 0 Å². The van der Waals surface area contributed by atoms with Crippen molar-refractivity contribution in [2.24, 2.45) is 5.92 Å². The zero-order valence-corrected chi connectivity index (χ0v) is 18.4. The zero-order chi connectivity index (χ0) is 21.1. The molecule has 3 fully saturated rings. The first-order chi connectivity index (χ1) is 15.3. The van der Waals surface area contributed by atoms with Gasteiger partial charge in [0.15, 0.2) is 0 Å². The summed E-state index contributed by atoms with van der Waals surface area (Å²) in [5.74, 6) is 0.954. The molecule has 6 rings (SSSR count). The molecule has 1 atom stereocenters. The normalized spacial score (nSPS) is 25.3. The lowest BCUT2D eigenvalue weighted by atomic mass is 9.68. The van der Waals surface area contributed by atoms with Crippen molar-refractivity contribution in [3.05, 3.63) is 108 Å². The van der Waals surface area contributed by atoms with Gasteiger partial charge < -0.3 is 4.84 Å². The minimum absolute atomic E-state index is 0.210. The van der Waals surface area contributed by atoms with Crippen LogP contribution in [-0.4, -0.2) is 35.8 Å². The SMILES string of the molecule is CON(Cc1ccccc1)C1(C(c2ccccc2)c2ccccc2)CC2CCN1CC2. The van der Waals surface area contributed by atoms with Gasteiger partial charge in [-0.2, -0.15) is 5.06 Å². The van der Waals surface area contributed by atoms with Crippen LogP contribution in [0.15, 0.2) is 91.0 Å². The molecule has 3 aliphatic rings. The fraction of sp³-hybridized carbons (Fsp3) is 0.357. The van der Waals surface area contributed by atoms with Crippen molar-refractivity contribution in [3.63, 3.8) is 0 Å². The third-order valence-corrected chi connectivity index (χ3v) is 7.30. The Morgan fingerprint density at radius 1 is 0.839 bits per heavy atom. The molecule has 3 nitrogen and oxygen atoms in total. The van der Waals surface area contributed by atoms with Crippen molar-refractivity contribution in [2.45, 2.75) is 37.4 Å². The number of fused-ring (bicyclic) bond motifs is 3. The molecule has 1 unspecified atom stereocenters. The van der Waals surface area contributed by atoms with E-state index in [1.165, 1.54) is 29.5 Å². The molecule has 0 N–H and O–H groups in total. The van der Waals surface area contributed by atoms with Crippen LogP contribution in [0.3, 0.4) is 0 Å². The number of hydrogen-bond donors (Lipinski definition) is 0. The van der Waals surface area contributed by atoms with Gasteiger partial charge in [0.2, 0.25) is 0 Å². The van der Waals surface area contributed by atoms with Crippen molar-refractivity contribution >= 4 is 0 Å². The monoisotopic (exact) mass is 412 g/mol. The Labute approximate surface area is 186 Å². The lowest BCUT2D eigenvalue weighted by Gasteiger charge is -2.61. The summed E-state index contributed by atoms with van der Waals surface area (Å²) in [5, 5.41) is 2.29. The van der Waals surface area contributed by atoms with Crippen LogP contribution in [0.2, 0.25) is 0 Å². The third-order valence-electron chi connectivity index (χ3n) is 7.30. The highest BCUT2D eigenvalue weighted by atomic mass is 16.7. The fourth-order valence-corrected chi connectivity index (χ4v) is 5.91. The fourth-order valence-electron chi connectivity index (χ4n) is 5.91. The first-order valence-corrected chi connectivity index (χ1v) is 11.5. The number of nitrogens with zero attached hydrogens (tertiary/aromatic N) is 2. The van der Waals surface area contributed by atoms with Crippen LogP contribution in [0, 0.1) is 5.92 Å². The maximum Gasteiger partial charge on any atom is 0.109 e. The van der Waals surface area contributed by atoms with Crippen molar-refractivity contribution in [3.8, 4) is 0 Å². The molecule has 0 aliphatic carbocycles.